The molecule has 5 heteroatoms. The van der Waals surface area contributed by atoms with Crippen molar-refractivity contribution in [1.82, 2.24) is 15.2 Å². The molecule has 1 aliphatic rings. The molecule has 1 amide bonds. The Morgan fingerprint density at radius 3 is 3.29 bits per heavy atom. The van der Waals surface area contributed by atoms with Crippen LogP contribution in [0.2, 0.25) is 0 Å². The molecule has 0 bridgehead atoms. The van der Waals surface area contributed by atoms with Gasteiger partial charge in [-0.2, -0.15) is 0 Å². The molecule has 0 aromatic carbocycles. The highest BCUT2D eigenvalue weighted by molar-refractivity contribution is 5.92. The Bertz CT molecular complexity index is 310. The molecule has 1 fully saturated rings. The van der Waals surface area contributed by atoms with Gasteiger partial charge >= 0.3 is 0 Å². The van der Waals surface area contributed by atoms with Crippen LogP contribution in [0.1, 0.15) is 17.4 Å². The lowest BCUT2D eigenvalue weighted by atomic mass is 10.2. The van der Waals surface area contributed by atoms with Crippen LogP contribution < -0.4 is 5.32 Å². The molecule has 14 heavy (non-hydrogen) atoms. The second kappa shape index (κ2) is 3.79. The number of nitrogens with zero attached hydrogens (tertiary/aromatic N) is 2. The number of oxazole rings is 1. The lowest BCUT2D eigenvalue weighted by Crippen LogP contribution is -2.52. The molecule has 0 spiro atoms. The molecule has 1 atom stereocenters. The molecule has 5 nitrogen and oxygen atoms in total. The van der Waals surface area contributed by atoms with Crippen molar-refractivity contribution in [3.05, 3.63) is 18.4 Å². The number of aromatic nitrogens is 1. The summed E-state index contributed by atoms with van der Waals surface area (Å²) < 4.78 is 4.79. The van der Waals surface area contributed by atoms with E-state index in [1.807, 2.05) is 11.8 Å². The maximum atomic E-state index is 11.8. The number of carbonyl (C=O) groups is 1. The van der Waals surface area contributed by atoms with Gasteiger partial charge in [-0.3, -0.25) is 4.79 Å². The minimum absolute atomic E-state index is 0.0484. The van der Waals surface area contributed by atoms with Gasteiger partial charge in [0.15, 0.2) is 12.1 Å². The Hall–Kier alpha value is -1.36. The van der Waals surface area contributed by atoms with E-state index in [0.29, 0.717) is 5.69 Å². The normalized spacial score (nSPS) is 22.4. The summed E-state index contributed by atoms with van der Waals surface area (Å²) in [6.45, 7) is 4.43. The van der Waals surface area contributed by atoms with E-state index < -0.39 is 0 Å². The summed E-state index contributed by atoms with van der Waals surface area (Å²) in [6.07, 6.45) is 2.66. The first-order valence-corrected chi connectivity index (χ1v) is 4.69. The lowest BCUT2D eigenvalue weighted by molar-refractivity contribution is 0.0649. The molecule has 0 unspecified atom stereocenters. The van der Waals surface area contributed by atoms with Crippen LogP contribution in [0.15, 0.2) is 17.1 Å². The number of hydrogen-bond donors (Lipinski definition) is 1. The Labute approximate surface area is 82.1 Å². The van der Waals surface area contributed by atoms with Crippen molar-refractivity contribution < 1.29 is 9.21 Å². The van der Waals surface area contributed by atoms with Gasteiger partial charge in [0.25, 0.3) is 5.91 Å². The SMILES string of the molecule is C[C@H]1CNCCN1C(=O)c1cocn1. The number of carbonyl (C=O) groups excluding carboxylic acids is 1. The van der Waals surface area contributed by atoms with Crippen LogP contribution in [0.4, 0.5) is 0 Å². The molecule has 2 heterocycles. The number of piperazine rings is 1. The third-order valence-corrected chi connectivity index (χ3v) is 2.41. The molecular weight excluding hydrogens is 182 g/mol. The van der Waals surface area contributed by atoms with Gasteiger partial charge in [0, 0.05) is 25.7 Å². The predicted molar refractivity (Wildman–Crippen MR) is 49.9 cm³/mol. The molecule has 1 aliphatic heterocycles. The molecule has 0 radical (unpaired) electrons. The number of nitrogens with one attached hydrogen (secondary N) is 1. The van der Waals surface area contributed by atoms with E-state index in [-0.39, 0.29) is 11.9 Å². The number of amides is 1. The van der Waals surface area contributed by atoms with Gasteiger partial charge in [-0.15, -0.1) is 0 Å². The van der Waals surface area contributed by atoms with Gasteiger partial charge in [-0.25, -0.2) is 4.98 Å². The summed E-state index contributed by atoms with van der Waals surface area (Å²) in [4.78, 5) is 17.5. The second-order valence-corrected chi connectivity index (χ2v) is 3.43. The van der Waals surface area contributed by atoms with Crippen molar-refractivity contribution in [1.29, 1.82) is 0 Å². The highest BCUT2D eigenvalue weighted by Crippen LogP contribution is 2.08. The highest BCUT2D eigenvalue weighted by Gasteiger charge is 2.25. The summed E-state index contributed by atoms with van der Waals surface area (Å²) >= 11 is 0. The minimum Gasteiger partial charge on any atom is -0.451 e. The van der Waals surface area contributed by atoms with Crippen LogP contribution in [0.5, 0.6) is 0 Å². The van der Waals surface area contributed by atoms with Gasteiger partial charge in [-0.05, 0) is 6.92 Å². The van der Waals surface area contributed by atoms with Gasteiger partial charge in [0.1, 0.15) is 6.26 Å². The smallest absolute Gasteiger partial charge is 0.276 e. The van der Waals surface area contributed by atoms with Crippen molar-refractivity contribution in [3.63, 3.8) is 0 Å². The van der Waals surface area contributed by atoms with E-state index in [9.17, 15) is 4.79 Å². The fourth-order valence-corrected chi connectivity index (χ4v) is 1.61. The molecule has 0 saturated carbocycles. The third-order valence-electron chi connectivity index (χ3n) is 2.41. The molecule has 1 N–H and O–H groups in total. The average Bonchev–Trinajstić information content (AvgIpc) is 2.70. The summed E-state index contributed by atoms with van der Waals surface area (Å²) in [5, 5.41) is 3.23. The van der Waals surface area contributed by atoms with E-state index in [1.54, 1.807) is 0 Å². The van der Waals surface area contributed by atoms with Crippen LogP contribution in [0.3, 0.4) is 0 Å². The Morgan fingerprint density at radius 1 is 1.79 bits per heavy atom. The monoisotopic (exact) mass is 195 g/mol. The molecule has 1 aromatic heterocycles. The maximum absolute atomic E-state index is 11.8. The first-order valence-electron chi connectivity index (χ1n) is 4.69. The highest BCUT2D eigenvalue weighted by atomic mass is 16.3. The van der Waals surface area contributed by atoms with Crippen molar-refractivity contribution in [2.45, 2.75) is 13.0 Å². The van der Waals surface area contributed by atoms with Crippen LogP contribution in [0, 0.1) is 0 Å². The second-order valence-electron chi connectivity index (χ2n) is 3.43. The fourth-order valence-electron chi connectivity index (χ4n) is 1.61. The van der Waals surface area contributed by atoms with Crippen LogP contribution >= 0.6 is 0 Å². The van der Waals surface area contributed by atoms with Crippen molar-refractivity contribution in [2.75, 3.05) is 19.6 Å². The van der Waals surface area contributed by atoms with E-state index in [1.165, 1.54) is 12.7 Å². The van der Waals surface area contributed by atoms with Crippen molar-refractivity contribution >= 4 is 5.91 Å². The summed E-state index contributed by atoms with van der Waals surface area (Å²) in [5.41, 5.74) is 0.388. The lowest BCUT2D eigenvalue weighted by Gasteiger charge is -2.33. The van der Waals surface area contributed by atoms with Crippen LogP contribution in [-0.2, 0) is 0 Å². The summed E-state index contributed by atoms with van der Waals surface area (Å²) in [5.74, 6) is -0.0484. The van der Waals surface area contributed by atoms with E-state index in [4.69, 9.17) is 4.42 Å². The zero-order valence-corrected chi connectivity index (χ0v) is 8.06. The maximum Gasteiger partial charge on any atom is 0.276 e. The number of hydrogen-bond acceptors (Lipinski definition) is 4. The zero-order valence-electron chi connectivity index (χ0n) is 8.06. The topological polar surface area (TPSA) is 58.4 Å². The van der Waals surface area contributed by atoms with Crippen molar-refractivity contribution in [3.8, 4) is 0 Å². The minimum atomic E-state index is -0.0484. The van der Waals surface area contributed by atoms with E-state index >= 15 is 0 Å². The van der Waals surface area contributed by atoms with Gasteiger partial charge in [-0.1, -0.05) is 0 Å². The van der Waals surface area contributed by atoms with Gasteiger partial charge in [0.2, 0.25) is 0 Å². The molecule has 0 aliphatic carbocycles. The molecule has 76 valence electrons. The fraction of sp³-hybridized carbons (Fsp3) is 0.556. The summed E-state index contributed by atoms with van der Waals surface area (Å²) in [7, 11) is 0. The molecular formula is C9H13N3O2. The standard InChI is InChI=1S/C9H13N3O2/c1-7-4-10-2-3-12(7)9(13)8-5-14-6-11-8/h5-7,10H,2-4H2,1H3/t7-/m0/s1. The third kappa shape index (κ3) is 1.63. The molecule has 2 rings (SSSR count). The zero-order chi connectivity index (χ0) is 9.97. The first kappa shape index (κ1) is 9.21. The van der Waals surface area contributed by atoms with E-state index in [2.05, 4.69) is 10.3 Å². The van der Waals surface area contributed by atoms with E-state index in [0.717, 1.165) is 19.6 Å². The predicted octanol–water partition coefficient (Wildman–Crippen LogP) is 0.108. The Morgan fingerprint density at radius 2 is 2.64 bits per heavy atom. The molecule has 1 saturated heterocycles. The van der Waals surface area contributed by atoms with Crippen molar-refractivity contribution in [2.24, 2.45) is 0 Å². The number of rotatable bonds is 1. The Balaban J connectivity index is 2.10. The van der Waals surface area contributed by atoms with Crippen LogP contribution in [0.25, 0.3) is 0 Å². The van der Waals surface area contributed by atoms with Gasteiger partial charge < -0.3 is 14.6 Å². The summed E-state index contributed by atoms with van der Waals surface area (Å²) in [6, 6.07) is 0.216. The quantitative estimate of drug-likeness (QED) is 0.691. The largest absolute Gasteiger partial charge is 0.451 e. The first-order chi connectivity index (χ1) is 6.79. The van der Waals surface area contributed by atoms with Crippen LogP contribution in [-0.4, -0.2) is 41.5 Å². The van der Waals surface area contributed by atoms with Gasteiger partial charge in [0.05, 0.1) is 0 Å². The Kier molecular flexibility index (Phi) is 2.49. The average molecular weight is 195 g/mol. The molecule has 1 aromatic rings.